The Kier molecular flexibility index (Phi) is 6.39. The maximum Gasteiger partial charge on any atom is 0.410 e. The lowest BCUT2D eigenvalue weighted by atomic mass is 9.72. The molecule has 0 aromatic carbocycles. The average molecular weight is 423 g/mol. The van der Waals surface area contributed by atoms with Crippen molar-refractivity contribution in [2.45, 2.75) is 58.5 Å². The van der Waals surface area contributed by atoms with Crippen molar-refractivity contribution in [1.29, 1.82) is 0 Å². The van der Waals surface area contributed by atoms with Gasteiger partial charge in [0.1, 0.15) is 5.60 Å². The van der Waals surface area contributed by atoms with Crippen molar-refractivity contribution in [2.75, 3.05) is 30.7 Å². The van der Waals surface area contributed by atoms with Crippen LogP contribution in [-0.2, 0) is 9.47 Å². The number of rotatable bonds is 3. The Bertz CT molecular complexity index is 367. The van der Waals surface area contributed by atoms with E-state index in [1.807, 2.05) is 25.7 Å². The minimum Gasteiger partial charge on any atom is -0.444 e. The molecule has 2 rings (SSSR count). The zero-order chi connectivity index (χ0) is 16.2. The van der Waals surface area contributed by atoms with Crippen LogP contribution < -0.4 is 0 Å². The number of piperidine rings is 1. The Morgan fingerprint density at radius 1 is 1.27 bits per heavy atom. The highest BCUT2D eigenvalue weighted by Crippen LogP contribution is 2.41. The lowest BCUT2D eigenvalue weighted by Gasteiger charge is -2.43. The summed E-state index contributed by atoms with van der Waals surface area (Å²) < 4.78 is 12.2. The summed E-state index contributed by atoms with van der Waals surface area (Å²) in [6, 6.07) is 0. The second kappa shape index (κ2) is 7.69. The fourth-order valence-corrected chi connectivity index (χ4v) is 4.52. The molecule has 0 aromatic rings. The summed E-state index contributed by atoms with van der Waals surface area (Å²) in [5, 5.41) is 0. The van der Waals surface area contributed by atoms with Crippen LogP contribution in [0.15, 0.2) is 0 Å². The van der Waals surface area contributed by atoms with Gasteiger partial charge in [-0.05, 0) is 64.2 Å². The maximum absolute atomic E-state index is 12.2. The molecule has 5 heteroatoms. The van der Waals surface area contributed by atoms with E-state index >= 15 is 0 Å². The molecule has 0 unspecified atom stereocenters. The SMILES string of the molecule is CC(C)(C)OC(=O)N1CCC(CI)(CC2CCOCC2)CC1. The fourth-order valence-electron chi connectivity index (χ4n) is 3.45. The first-order valence-electron chi connectivity index (χ1n) is 8.45. The van der Waals surface area contributed by atoms with E-state index in [0.717, 1.165) is 45.1 Å². The zero-order valence-corrected chi connectivity index (χ0v) is 16.4. The molecular formula is C17H30INO3. The number of halogens is 1. The first kappa shape index (κ1) is 18.3. The third-order valence-electron chi connectivity index (χ3n) is 4.82. The first-order valence-corrected chi connectivity index (χ1v) is 9.98. The van der Waals surface area contributed by atoms with Gasteiger partial charge in [-0.1, -0.05) is 22.6 Å². The summed E-state index contributed by atoms with van der Waals surface area (Å²) in [7, 11) is 0. The van der Waals surface area contributed by atoms with Crippen molar-refractivity contribution < 1.29 is 14.3 Å². The molecule has 0 spiro atoms. The minimum atomic E-state index is -0.406. The van der Waals surface area contributed by atoms with Crippen molar-refractivity contribution in [1.82, 2.24) is 4.90 Å². The number of hydrogen-bond donors (Lipinski definition) is 0. The molecule has 2 heterocycles. The predicted octanol–water partition coefficient (Wildman–Crippen LogP) is 4.26. The largest absolute Gasteiger partial charge is 0.444 e. The highest BCUT2D eigenvalue weighted by atomic mass is 127. The molecule has 22 heavy (non-hydrogen) atoms. The van der Waals surface area contributed by atoms with E-state index in [0.29, 0.717) is 5.41 Å². The van der Waals surface area contributed by atoms with E-state index < -0.39 is 5.60 Å². The van der Waals surface area contributed by atoms with Gasteiger partial charge in [-0.2, -0.15) is 0 Å². The van der Waals surface area contributed by atoms with Gasteiger partial charge in [-0.15, -0.1) is 0 Å². The second-order valence-electron chi connectivity index (χ2n) is 7.86. The Morgan fingerprint density at radius 2 is 1.86 bits per heavy atom. The number of carbonyl (C=O) groups excluding carboxylic acids is 1. The summed E-state index contributed by atoms with van der Waals surface area (Å²) in [5.74, 6) is 0.802. The van der Waals surface area contributed by atoms with E-state index in [9.17, 15) is 4.79 Å². The van der Waals surface area contributed by atoms with Crippen LogP contribution in [0.5, 0.6) is 0 Å². The van der Waals surface area contributed by atoms with Crippen LogP contribution in [0.2, 0.25) is 0 Å². The van der Waals surface area contributed by atoms with Gasteiger partial charge in [0.2, 0.25) is 0 Å². The van der Waals surface area contributed by atoms with Gasteiger partial charge in [0.15, 0.2) is 0 Å². The lowest BCUT2D eigenvalue weighted by molar-refractivity contribution is 0.00483. The molecular weight excluding hydrogens is 393 g/mol. The van der Waals surface area contributed by atoms with Gasteiger partial charge in [0.05, 0.1) is 0 Å². The van der Waals surface area contributed by atoms with Crippen LogP contribution in [-0.4, -0.2) is 47.3 Å². The quantitative estimate of drug-likeness (QED) is 0.503. The molecule has 2 saturated heterocycles. The van der Waals surface area contributed by atoms with E-state index in [1.165, 1.54) is 23.7 Å². The molecule has 2 fully saturated rings. The lowest BCUT2D eigenvalue weighted by Crippen LogP contribution is -2.46. The van der Waals surface area contributed by atoms with Gasteiger partial charge in [-0.3, -0.25) is 0 Å². The number of alkyl halides is 1. The highest BCUT2D eigenvalue weighted by molar-refractivity contribution is 14.1. The van der Waals surface area contributed by atoms with Crippen molar-refractivity contribution >= 4 is 28.7 Å². The number of ether oxygens (including phenoxy) is 2. The van der Waals surface area contributed by atoms with Gasteiger partial charge < -0.3 is 14.4 Å². The maximum atomic E-state index is 12.2. The van der Waals surface area contributed by atoms with Gasteiger partial charge in [0, 0.05) is 30.7 Å². The summed E-state index contributed by atoms with van der Waals surface area (Å²) in [4.78, 5) is 14.1. The Hall–Kier alpha value is -0.0400. The standard InChI is InChI=1S/C17H30INO3/c1-16(2,3)22-15(20)19-8-6-17(13-18,7-9-19)12-14-4-10-21-11-5-14/h14H,4-13H2,1-3H3. The van der Waals surface area contributed by atoms with E-state index in [2.05, 4.69) is 22.6 Å². The fraction of sp³-hybridized carbons (Fsp3) is 0.941. The van der Waals surface area contributed by atoms with Crippen LogP contribution in [0.3, 0.4) is 0 Å². The van der Waals surface area contributed by atoms with Gasteiger partial charge in [-0.25, -0.2) is 4.79 Å². The number of carbonyl (C=O) groups is 1. The predicted molar refractivity (Wildman–Crippen MR) is 96.5 cm³/mol. The topological polar surface area (TPSA) is 38.8 Å². The minimum absolute atomic E-state index is 0.152. The number of amides is 1. The molecule has 0 atom stereocenters. The second-order valence-corrected chi connectivity index (χ2v) is 8.62. The normalized spacial score (nSPS) is 23.4. The van der Waals surface area contributed by atoms with Crippen molar-refractivity contribution in [3.05, 3.63) is 0 Å². The zero-order valence-electron chi connectivity index (χ0n) is 14.2. The molecule has 2 aliphatic rings. The first-order chi connectivity index (χ1) is 10.3. The van der Waals surface area contributed by atoms with E-state index in [4.69, 9.17) is 9.47 Å². The Morgan fingerprint density at radius 3 is 2.36 bits per heavy atom. The third kappa shape index (κ3) is 5.25. The summed E-state index contributed by atoms with van der Waals surface area (Å²) in [6.07, 6.45) is 5.75. The molecule has 0 radical (unpaired) electrons. The molecule has 128 valence electrons. The van der Waals surface area contributed by atoms with Crippen LogP contribution in [0.4, 0.5) is 4.79 Å². The van der Waals surface area contributed by atoms with Gasteiger partial charge >= 0.3 is 6.09 Å². The number of hydrogen-bond acceptors (Lipinski definition) is 3. The van der Waals surface area contributed by atoms with Crippen LogP contribution in [0.1, 0.15) is 52.9 Å². The van der Waals surface area contributed by atoms with Crippen LogP contribution >= 0.6 is 22.6 Å². The molecule has 4 nitrogen and oxygen atoms in total. The number of nitrogens with zero attached hydrogens (tertiary/aromatic N) is 1. The molecule has 0 bridgehead atoms. The summed E-state index contributed by atoms with van der Waals surface area (Å²) >= 11 is 2.54. The average Bonchev–Trinajstić information content (AvgIpc) is 2.47. The number of likely N-dealkylation sites (tertiary alicyclic amines) is 1. The summed E-state index contributed by atoms with van der Waals surface area (Å²) in [5.41, 5.74) is -0.00193. The van der Waals surface area contributed by atoms with Crippen LogP contribution in [0.25, 0.3) is 0 Å². The van der Waals surface area contributed by atoms with Crippen molar-refractivity contribution in [2.24, 2.45) is 11.3 Å². The smallest absolute Gasteiger partial charge is 0.410 e. The van der Waals surface area contributed by atoms with Crippen molar-refractivity contribution in [3.8, 4) is 0 Å². The molecule has 0 aromatic heterocycles. The molecule has 1 amide bonds. The highest BCUT2D eigenvalue weighted by Gasteiger charge is 2.38. The third-order valence-corrected chi connectivity index (χ3v) is 6.44. The van der Waals surface area contributed by atoms with E-state index in [-0.39, 0.29) is 6.09 Å². The molecule has 0 aliphatic carbocycles. The Labute approximate surface area is 148 Å². The van der Waals surface area contributed by atoms with Crippen LogP contribution in [0, 0.1) is 11.3 Å². The Balaban J connectivity index is 1.86. The van der Waals surface area contributed by atoms with Crippen molar-refractivity contribution in [3.63, 3.8) is 0 Å². The van der Waals surface area contributed by atoms with E-state index in [1.54, 1.807) is 0 Å². The molecule has 2 aliphatic heterocycles. The summed E-state index contributed by atoms with van der Waals surface area (Å²) in [6.45, 7) is 9.29. The monoisotopic (exact) mass is 423 g/mol. The van der Waals surface area contributed by atoms with Gasteiger partial charge in [0.25, 0.3) is 0 Å². The molecule has 0 saturated carbocycles. The molecule has 0 N–H and O–H groups in total.